The molecule has 0 radical (unpaired) electrons. The van der Waals surface area contributed by atoms with Crippen molar-refractivity contribution >= 4 is 62.3 Å². The molecule has 0 saturated carbocycles. The molecule has 5 aromatic heterocycles. The number of halogens is 2. The fourth-order valence-electron chi connectivity index (χ4n) is 4.77. The topological polar surface area (TPSA) is 95.5 Å². The Hall–Kier alpha value is -4.54. The largest absolute Gasteiger partial charge is 0.309 e. The minimum Gasteiger partial charge on any atom is -0.309 e. The molecule has 5 heterocycles. The summed E-state index contributed by atoms with van der Waals surface area (Å²) in [5.74, 6) is 1.57. The lowest BCUT2D eigenvalue weighted by molar-refractivity contribution is 0.816. The molecule has 36 heavy (non-hydrogen) atoms. The van der Waals surface area contributed by atoms with Gasteiger partial charge >= 0.3 is 0 Å². The highest BCUT2D eigenvalue weighted by Crippen LogP contribution is 2.34. The first-order chi connectivity index (χ1) is 17.7. The summed E-state index contributed by atoms with van der Waals surface area (Å²) in [6, 6.07) is 24.9. The maximum absolute atomic E-state index is 6.09. The Morgan fingerprint density at radius 2 is 1.17 bits per heavy atom. The van der Waals surface area contributed by atoms with Gasteiger partial charge in [0.15, 0.2) is 5.82 Å². The van der Waals surface area contributed by atoms with Gasteiger partial charge in [-0.15, -0.1) is 15.3 Å². The molecule has 0 unspecified atom stereocenters. The van der Waals surface area contributed by atoms with Crippen LogP contribution in [0, 0.1) is 0 Å². The van der Waals surface area contributed by atoms with Gasteiger partial charge in [0.1, 0.15) is 0 Å². The highest BCUT2D eigenvalue weighted by Gasteiger charge is 2.21. The van der Waals surface area contributed by atoms with E-state index in [1.807, 2.05) is 30.3 Å². The van der Waals surface area contributed by atoms with Gasteiger partial charge in [-0.05, 0) is 59.6 Å². The van der Waals surface area contributed by atoms with Gasteiger partial charge in [-0.3, -0.25) is 0 Å². The molecule has 0 spiro atoms. The Balaban J connectivity index is 1.42. The van der Waals surface area contributed by atoms with Crippen LogP contribution in [0.2, 0.25) is 10.6 Å². The van der Waals surface area contributed by atoms with Gasteiger partial charge in [0.2, 0.25) is 10.6 Å². The summed E-state index contributed by atoms with van der Waals surface area (Å²) in [6.07, 6.45) is 0. The van der Waals surface area contributed by atoms with E-state index in [-0.39, 0.29) is 10.6 Å². The van der Waals surface area contributed by atoms with Gasteiger partial charge in [-0.25, -0.2) is 0 Å². The van der Waals surface area contributed by atoms with E-state index in [1.165, 1.54) is 13.5 Å². The van der Waals surface area contributed by atoms with Crippen molar-refractivity contribution in [2.24, 2.45) is 0 Å². The molecule has 0 aliphatic carbocycles. The smallest absolute Gasteiger partial charge is 0.261 e. The second-order valence-corrected chi connectivity index (χ2v) is 8.93. The van der Waals surface area contributed by atoms with Crippen LogP contribution in [-0.4, -0.2) is 48.4 Å². The summed E-state index contributed by atoms with van der Waals surface area (Å²) in [5.41, 5.74) is 4.15. The van der Waals surface area contributed by atoms with Crippen LogP contribution < -0.4 is 0 Å². The number of rotatable bonds is 2. The van der Waals surface area contributed by atoms with Crippen molar-refractivity contribution in [1.82, 2.24) is 48.4 Å². The van der Waals surface area contributed by atoms with Crippen LogP contribution >= 0.6 is 23.2 Å². The summed E-state index contributed by atoms with van der Waals surface area (Å²) < 4.78 is 6.69. The molecule has 0 fully saturated rings. The van der Waals surface area contributed by atoms with Gasteiger partial charge in [-0.1, -0.05) is 36.4 Å². The van der Waals surface area contributed by atoms with E-state index >= 15 is 0 Å². The SMILES string of the molecule is Clc1nc2n(n1)c1nc(Cl)nn1c1nc(-c3ccc4c(c3)c3ccccc3n4-c3ccccc3)nn21. The second kappa shape index (κ2) is 7.00. The van der Waals surface area contributed by atoms with Crippen LogP contribution in [0.15, 0.2) is 72.8 Å². The number of nitrogens with zero attached hydrogens (tertiary/aromatic N) is 10. The highest BCUT2D eigenvalue weighted by molar-refractivity contribution is 6.28. The van der Waals surface area contributed by atoms with Crippen molar-refractivity contribution in [2.75, 3.05) is 0 Å². The van der Waals surface area contributed by atoms with Crippen LogP contribution in [-0.2, 0) is 0 Å². The summed E-state index contributed by atoms with van der Waals surface area (Å²) in [6.45, 7) is 0. The van der Waals surface area contributed by atoms with Crippen LogP contribution in [0.25, 0.3) is 56.2 Å². The number of hydrogen-bond acceptors (Lipinski definition) is 6. The third-order valence-electron chi connectivity index (χ3n) is 6.23. The molecule has 0 atom stereocenters. The van der Waals surface area contributed by atoms with E-state index in [0.29, 0.717) is 23.2 Å². The lowest BCUT2D eigenvalue weighted by Crippen LogP contribution is -2.06. The molecule has 0 aliphatic rings. The molecule has 172 valence electrons. The van der Waals surface area contributed by atoms with Crippen molar-refractivity contribution < 1.29 is 0 Å². The van der Waals surface area contributed by atoms with Gasteiger partial charge in [-0.2, -0.15) is 28.5 Å². The summed E-state index contributed by atoms with van der Waals surface area (Å²) in [4.78, 5) is 13.3. The Morgan fingerprint density at radius 1 is 0.556 bits per heavy atom. The third-order valence-corrected chi connectivity index (χ3v) is 6.55. The Labute approximate surface area is 211 Å². The molecule has 8 rings (SSSR count). The monoisotopic (exact) mass is 510 g/mol. The van der Waals surface area contributed by atoms with E-state index in [1.54, 1.807) is 0 Å². The van der Waals surface area contributed by atoms with Crippen molar-refractivity contribution in [3.8, 4) is 17.1 Å². The standard InChI is InChI=1S/C24H12Cl2N10/c25-20-28-23-34-22(35-24(36(23)32-20)29-21(26)31-35)27-19(30-34)13-10-11-18-16(12-13)15-8-4-5-9-17(15)33(18)14-6-2-1-3-7-14/h1-12H. The maximum Gasteiger partial charge on any atom is 0.261 e. The maximum atomic E-state index is 6.09. The third kappa shape index (κ3) is 2.62. The van der Waals surface area contributed by atoms with Crippen LogP contribution in [0.4, 0.5) is 0 Å². The summed E-state index contributed by atoms with van der Waals surface area (Å²) in [7, 11) is 0. The summed E-state index contributed by atoms with van der Waals surface area (Å²) >= 11 is 12.2. The van der Waals surface area contributed by atoms with E-state index in [2.05, 4.69) is 67.2 Å². The predicted molar refractivity (Wildman–Crippen MR) is 136 cm³/mol. The van der Waals surface area contributed by atoms with Gasteiger partial charge in [0, 0.05) is 22.0 Å². The minimum absolute atomic E-state index is 0.0516. The van der Waals surface area contributed by atoms with E-state index < -0.39 is 0 Å². The molecule has 8 aromatic rings. The predicted octanol–water partition coefficient (Wildman–Crippen LogP) is 4.89. The lowest BCUT2D eigenvalue weighted by Gasteiger charge is -2.07. The number of para-hydroxylation sites is 2. The van der Waals surface area contributed by atoms with Crippen LogP contribution in [0.5, 0.6) is 0 Å². The average molecular weight is 511 g/mol. The van der Waals surface area contributed by atoms with Crippen molar-refractivity contribution in [2.45, 2.75) is 0 Å². The fourth-order valence-corrected chi connectivity index (χ4v) is 5.07. The zero-order valence-electron chi connectivity index (χ0n) is 18.2. The molecule has 0 amide bonds. The van der Waals surface area contributed by atoms with Crippen LogP contribution in [0.1, 0.15) is 0 Å². The van der Waals surface area contributed by atoms with Gasteiger partial charge < -0.3 is 4.57 Å². The lowest BCUT2D eigenvalue weighted by atomic mass is 10.1. The first-order valence-electron chi connectivity index (χ1n) is 11.0. The first-order valence-corrected chi connectivity index (χ1v) is 11.7. The minimum atomic E-state index is 0.0516. The normalized spacial score (nSPS) is 12.2. The molecule has 0 bridgehead atoms. The molecular formula is C24H12Cl2N10. The Kier molecular flexibility index (Phi) is 3.84. The van der Waals surface area contributed by atoms with Crippen molar-refractivity contribution in [3.05, 3.63) is 83.4 Å². The molecule has 0 saturated heterocycles. The number of aromatic nitrogens is 10. The number of benzene rings is 3. The fraction of sp³-hybridized carbons (Fsp3) is 0. The molecule has 0 aliphatic heterocycles. The summed E-state index contributed by atoms with van der Waals surface area (Å²) in [5, 5.41) is 15.5. The zero-order chi connectivity index (χ0) is 24.0. The van der Waals surface area contributed by atoms with Crippen molar-refractivity contribution in [1.29, 1.82) is 0 Å². The van der Waals surface area contributed by atoms with E-state index in [9.17, 15) is 0 Å². The molecule has 0 N–H and O–H groups in total. The second-order valence-electron chi connectivity index (χ2n) is 8.25. The number of fused-ring (bicyclic) bond motifs is 9. The quantitative estimate of drug-likeness (QED) is 0.328. The average Bonchev–Trinajstić information content (AvgIpc) is 3.66. The van der Waals surface area contributed by atoms with E-state index in [0.717, 1.165) is 33.1 Å². The Morgan fingerprint density at radius 3 is 1.92 bits per heavy atom. The van der Waals surface area contributed by atoms with E-state index in [4.69, 9.17) is 33.3 Å². The van der Waals surface area contributed by atoms with Gasteiger partial charge in [0.25, 0.3) is 17.3 Å². The highest BCUT2D eigenvalue weighted by atomic mass is 35.5. The molecule has 12 heteroatoms. The van der Waals surface area contributed by atoms with Crippen LogP contribution in [0.3, 0.4) is 0 Å². The first kappa shape index (κ1) is 19.7. The van der Waals surface area contributed by atoms with Crippen molar-refractivity contribution in [3.63, 3.8) is 0 Å². The number of hydrogen-bond donors (Lipinski definition) is 0. The van der Waals surface area contributed by atoms with Gasteiger partial charge in [0.05, 0.1) is 11.0 Å². The molecular weight excluding hydrogens is 499 g/mol. The molecule has 3 aromatic carbocycles. The molecule has 10 nitrogen and oxygen atoms in total. The Bertz CT molecular complexity index is 2060. The zero-order valence-corrected chi connectivity index (χ0v) is 19.7.